The number of nitrogens with zero attached hydrogens (tertiary/aromatic N) is 4. The average Bonchev–Trinajstić information content (AvgIpc) is 3.35. The highest BCUT2D eigenvalue weighted by atomic mass is 16.5. The zero-order chi connectivity index (χ0) is 22.3. The summed E-state index contributed by atoms with van der Waals surface area (Å²) in [5, 5.41) is 8.76. The molecule has 10 heteroatoms. The second-order valence-electron chi connectivity index (χ2n) is 6.55. The molecule has 0 spiro atoms. The van der Waals surface area contributed by atoms with Crippen molar-refractivity contribution in [1.29, 1.82) is 0 Å². The number of amides is 2. The number of nitrogens with one attached hydrogen (secondary N) is 3. The van der Waals surface area contributed by atoms with E-state index >= 15 is 0 Å². The number of methoxy groups -OCH3 is 2. The molecule has 4 aromatic rings. The molecule has 0 atom stereocenters. The molecule has 2 amide bonds. The van der Waals surface area contributed by atoms with Crippen LogP contribution in [-0.4, -0.2) is 39.8 Å². The monoisotopic (exact) mass is 431 g/mol. The first-order valence-electron chi connectivity index (χ1n) is 9.62. The number of carbonyl (C=O) groups excluding carboxylic acids is 1. The molecule has 0 aliphatic carbocycles. The van der Waals surface area contributed by atoms with Crippen molar-refractivity contribution < 1.29 is 14.3 Å². The van der Waals surface area contributed by atoms with Gasteiger partial charge in [-0.2, -0.15) is 0 Å². The number of carbonyl (C=O) groups is 1. The molecule has 3 N–H and O–H groups in total. The van der Waals surface area contributed by atoms with Crippen molar-refractivity contribution in [3.63, 3.8) is 0 Å². The van der Waals surface area contributed by atoms with Gasteiger partial charge in [0.15, 0.2) is 11.5 Å². The van der Waals surface area contributed by atoms with Gasteiger partial charge in [-0.3, -0.25) is 4.57 Å². The minimum atomic E-state index is -0.405. The number of para-hydroxylation sites is 1. The van der Waals surface area contributed by atoms with E-state index in [1.165, 1.54) is 20.5 Å². The summed E-state index contributed by atoms with van der Waals surface area (Å²) in [6, 6.07) is 13.9. The maximum atomic E-state index is 12.4. The van der Waals surface area contributed by atoms with Crippen LogP contribution in [0.15, 0.2) is 73.6 Å². The molecule has 0 saturated carbocycles. The number of anilines is 4. The standard InChI is InChI=1S/C22H21N7O3/c1-31-18-5-3-4-17(21(18)32-2)28-22(30)27-16-8-6-15(7-9-16)26-19-12-20(25-13-24-19)29-11-10-23-14-29/h3-14H,1-2H3,(H,24,25,26)(H2,27,28,30). The molecule has 2 aromatic heterocycles. The molecule has 162 valence electrons. The van der Waals surface area contributed by atoms with E-state index in [-0.39, 0.29) is 0 Å². The molecule has 4 rings (SSSR count). The Balaban J connectivity index is 1.39. The quantitative estimate of drug-likeness (QED) is 0.404. The van der Waals surface area contributed by atoms with Gasteiger partial charge in [0.25, 0.3) is 0 Å². The van der Waals surface area contributed by atoms with Gasteiger partial charge in [-0.1, -0.05) is 6.07 Å². The number of benzene rings is 2. The highest BCUT2D eigenvalue weighted by Crippen LogP contribution is 2.34. The van der Waals surface area contributed by atoms with E-state index in [9.17, 15) is 4.79 Å². The number of imidazole rings is 1. The molecule has 2 heterocycles. The van der Waals surface area contributed by atoms with Crippen molar-refractivity contribution in [3.8, 4) is 17.3 Å². The Morgan fingerprint density at radius 3 is 2.50 bits per heavy atom. The number of ether oxygens (including phenoxy) is 2. The smallest absolute Gasteiger partial charge is 0.323 e. The lowest BCUT2D eigenvalue weighted by Gasteiger charge is -2.14. The van der Waals surface area contributed by atoms with E-state index in [1.807, 2.05) is 18.2 Å². The van der Waals surface area contributed by atoms with Crippen molar-refractivity contribution in [2.24, 2.45) is 0 Å². The van der Waals surface area contributed by atoms with Crippen LogP contribution >= 0.6 is 0 Å². The third-order valence-corrected chi connectivity index (χ3v) is 4.49. The molecule has 0 aliphatic rings. The fourth-order valence-corrected chi connectivity index (χ4v) is 3.01. The minimum Gasteiger partial charge on any atom is -0.493 e. The molecule has 0 fully saturated rings. The minimum absolute atomic E-state index is 0.405. The zero-order valence-corrected chi connectivity index (χ0v) is 17.4. The molecule has 32 heavy (non-hydrogen) atoms. The van der Waals surface area contributed by atoms with Crippen molar-refractivity contribution >= 4 is 28.9 Å². The summed E-state index contributed by atoms with van der Waals surface area (Å²) in [4.78, 5) is 24.9. The summed E-state index contributed by atoms with van der Waals surface area (Å²) in [5.41, 5.74) is 1.93. The average molecular weight is 431 g/mol. The molecule has 0 aliphatic heterocycles. The van der Waals surface area contributed by atoms with Gasteiger partial charge in [-0.25, -0.2) is 19.7 Å². The predicted molar refractivity (Wildman–Crippen MR) is 121 cm³/mol. The summed E-state index contributed by atoms with van der Waals surface area (Å²) in [6.07, 6.45) is 6.63. The lowest BCUT2D eigenvalue weighted by atomic mass is 10.2. The Bertz CT molecular complexity index is 1190. The van der Waals surface area contributed by atoms with Crippen molar-refractivity contribution in [2.45, 2.75) is 0 Å². The highest BCUT2D eigenvalue weighted by molar-refractivity contribution is 6.01. The van der Waals surface area contributed by atoms with Crippen molar-refractivity contribution in [1.82, 2.24) is 19.5 Å². The Kier molecular flexibility index (Phi) is 6.12. The topological polar surface area (TPSA) is 115 Å². The second-order valence-corrected chi connectivity index (χ2v) is 6.55. The van der Waals surface area contributed by atoms with E-state index in [0.717, 1.165) is 5.69 Å². The van der Waals surface area contributed by atoms with Crippen molar-refractivity contribution in [3.05, 3.63) is 73.6 Å². The van der Waals surface area contributed by atoms with Crippen LogP contribution in [-0.2, 0) is 0 Å². The van der Waals surface area contributed by atoms with Gasteiger partial charge < -0.3 is 25.4 Å². The second kappa shape index (κ2) is 9.47. The summed E-state index contributed by atoms with van der Waals surface area (Å²) < 4.78 is 12.4. The summed E-state index contributed by atoms with van der Waals surface area (Å²) >= 11 is 0. The predicted octanol–water partition coefficient (Wildman–Crippen LogP) is 4.07. The number of urea groups is 1. The summed E-state index contributed by atoms with van der Waals surface area (Å²) in [5.74, 6) is 2.31. The van der Waals surface area contributed by atoms with E-state index < -0.39 is 6.03 Å². The van der Waals surface area contributed by atoms with Crippen LogP contribution < -0.4 is 25.4 Å². The number of rotatable bonds is 7. The first-order valence-corrected chi connectivity index (χ1v) is 9.62. The van der Waals surface area contributed by atoms with E-state index in [4.69, 9.17) is 9.47 Å². The van der Waals surface area contributed by atoms with Crippen molar-refractivity contribution in [2.75, 3.05) is 30.2 Å². The lowest BCUT2D eigenvalue weighted by molar-refractivity contribution is 0.262. The van der Waals surface area contributed by atoms with E-state index in [1.54, 1.807) is 53.6 Å². The zero-order valence-electron chi connectivity index (χ0n) is 17.4. The third kappa shape index (κ3) is 4.75. The van der Waals surface area contributed by atoms with Gasteiger partial charge in [0.2, 0.25) is 0 Å². The Hall–Kier alpha value is -4.60. The van der Waals surface area contributed by atoms with Crippen LogP contribution in [0, 0.1) is 0 Å². The normalized spacial score (nSPS) is 10.3. The number of hydrogen-bond donors (Lipinski definition) is 3. The molecule has 0 unspecified atom stereocenters. The Morgan fingerprint density at radius 2 is 1.78 bits per heavy atom. The largest absolute Gasteiger partial charge is 0.493 e. The highest BCUT2D eigenvalue weighted by Gasteiger charge is 2.12. The van der Waals surface area contributed by atoms with E-state index in [0.29, 0.717) is 34.5 Å². The maximum Gasteiger partial charge on any atom is 0.323 e. The van der Waals surface area contributed by atoms with Gasteiger partial charge in [-0.05, 0) is 36.4 Å². The van der Waals surface area contributed by atoms with Gasteiger partial charge in [-0.15, -0.1) is 0 Å². The van der Waals surface area contributed by atoms with Crippen LogP contribution in [0.1, 0.15) is 0 Å². The molecule has 2 aromatic carbocycles. The molecular weight excluding hydrogens is 410 g/mol. The maximum absolute atomic E-state index is 12.4. The lowest BCUT2D eigenvalue weighted by Crippen LogP contribution is -2.19. The first-order chi connectivity index (χ1) is 15.7. The molecular formula is C22H21N7O3. The Morgan fingerprint density at radius 1 is 0.969 bits per heavy atom. The summed E-state index contributed by atoms with van der Waals surface area (Å²) in [7, 11) is 3.06. The fourth-order valence-electron chi connectivity index (χ4n) is 3.01. The van der Waals surface area contributed by atoms with Gasteiger partial charge >= 0.3 is 6.03 Å². The van der Waals surface area contributed by atoms with Crippen LogP contribution in [0.5, 0.6) is 11.5 Å². The van der Waals surface area contributed by atoms with Crippen LogP contribution in [0.25, 0.3) is 5.82 Å². The van der Waals surface area contributed by atoms with E-state index in [2.05, 4.69) is 30.9 Å². The van der Waals surface area contributed by atoms with Gasteiger partial charge in [0.05, 0.1) is 19.9 Å². The molecule has 0 bridgehead atoms. The van der Waals surface area contributed by atoms with Crippen LogP contribution in [0.3, 0.4) is 0 Å². The SMILES string of the molecule is COc1cccc(NC(=O)Nc2ccc(Nc3cc(-n4ccnc4)ncn3)cc2)c1OC. The van der Waals surface area contributed by atoms with Crippen LogP contribution in [0.4, 0.5) is 27.7 Å². The van der Waals surface area contributed by atoms with Gasteiger partial charge in [0, 0.05) is 29.8 Å². The van der Waals surface area contributed by atoms with Crippen LogP contribution in [0.2, 0.25) is 0 Å². The summed E-state index contributed by atoms with van der Waals surface area (Å²) in [6.45, 7) is 0. The molecule has 0 radical (unpaired) electrons. The molecule has 0 saturated heterocycles. The Labute approximate surface area is 184 Å². The first kappa shape index (κ1) is 20.7. The number of aromatic nitrogens is 4. The third-order valence-electron chi connectivity index (χ3n) is 4.49. The number of hydrogen-bond acceptors (Lipinski definition) is 7. The fraction of sp³-hybridized carbons (Fsp3) is 0.0909. The molecule has 10 nitrogen and oxygen atoms in total. The van der Waals surface area contributed by atoms with Gasteiger partial charge in [0.1, 0.15) is 24.3 Å².